The summed E-state index contributed by atoms with van der Waals surface area (Å²) >= 11 is 0. The molecule has 1 aromatic rings. The Morgan fingerprint density at radius 3 is 2.35 bits per heavy atom. The van der Waals surface area contributed by atoms with Gasteiger partial charge in [-0.1, -0.05) is 43.9 Å². The van der Waals surface area contributed by atoms with Crippen molar-refractivity contribution in [2.75, 3.05) is 6.61 Å². The molecule has 1 atom stereocenters. The van der Waals surface area contributed by atoms with Crippen LogP contribution in [0.3, 0.4) is 0 Å². The van der Waals surface area contributed by atoms with Crippen molar-refractivity contribution >= 4 is 0 Å². The first-order chi connectivity index (χ1) is 8.36. The zero-order valence-electron chi connectivity index (χ0n) is 10.5. The van der Waals surface area contributed by atoms with Gasteiger partial charge in [-0.25, -0.2) is 0 Å². The highest BCUT2D eigenvalue weighted by Crippen LogP contribution is 2.25. The van der Waals surface area contributed by atoms with E-state index in [2.05, 4.69) is 0 Å². The molecule has 0 bridgehead atoms. The molecule has 1 aliphatic rings. The van der Waals surface area contributed by atoms with Gasteiger partial charge in [0.15, 0.2) is 0 Å². The summed E-state index contributed by atoms with van der Waals surface area (Å²) in [6, 6.07) is 10.1. The molecule has 1 unspecified atom stereocenters. The number of benzene rings is 1. The third kappa shape index (κ3) is 4.04. The van der Waals surface area contributed by atoms with Crippen LogP contribution in [0.25, 0.3) is 0 Å². The minimum Gasteiger partial charge on any atom is -0.492 e. The molecule has 0 aromatic heterocycles. The van der Waals surface area contributed by atoms with E-state index in [1.807, 2.05) is 30.3 Å². The highest BCUT2D eigenvalue weighted by atomic mass is 16.5. The van der Waals surface area contributed by atoms with E-state index < -0.39 is 0 Å². The lowest BCUT2D eigenvalue weighted by atomic mass is 9.93. The minimum absolute atomic E-state index is 0.188. The third-order valence-corrected chi connectivity index (χ3v) is 3.69. The van der Waals surface area contributed by atoms with Gasteiger partial charge in [-0.15, -0.1) is 0 Å². The fourth-order valence-corrected chi connectivity index (χ4v) is 2.58. The number of ether oxygens (including phenoxy) is 1. The zero-order chi connectivity index (χ0) is 11.9. The molecule has 0 aliphatic heterocycles. The molecule has 17 heavy (non-hydrogen) atoms. The van der Waals surface area contributed by atoms with E-state index >= 15 is 0 Å². The van der Waals surface area contributed by atoms with Crippen molar-refractivity contribution in [1.82, 2.24) is 0 Å². The van der Waals surface area contributed by atoms with Gasteiger partial charge in [-0.05, 0) is 30.9 Å². The summed E-state index contributed by atoms with van der Waals surface area (Å²) in [5.74, 6) is 1.58. The second kappa shape index (κ2) is 6.65. The van der Waals surface area contributed by atoms with Crippen LogP contribution in [0.2, 0.25) is 0 Å². The lowest BCUT2D eigenvalue weighted by Crippen LogP contribution is -2.35. The van der Waals surface area contributed by atoms with Gasteiger partial charge in [-0.2, -0.15) is 0 Å². The summed E-state index contributed by atoms with van der Waals surface area (Å²) in [5, 5.41) is 0. The molecular formula is C15H23NO. The van der Waals surface area contributed by atoms with Crippen molar-refractivity contribution in [3.05, 3.63) is 30.3 Å². The SMILES string of the molecule is NC(COc1ccccc1)C1CCCCCC1. The van der Waals surface area contributed by atoms with Gasteiger partial charge in [0, 0.05) is 6.04 Å². The summed E-state index contributed by atoms with van der Waals surface area (Å²) in [7, 11) is 0. The van der Waals surface area contributed by atoms with Crippen molar-refractivity contribution < 1.29 is 4.74 Å². The van der Waals surface area contributed by atoms with Gasteiger partial charge >= 0.3 is 0 Å². The topological polar surface area (TPSA) is 35.2 Å². The summed E-state index contributed by atoms with van der Waals surface area (Å²) in [4.78, 5) is 0. The molecule has 0 radical (unpaired) electrons. The normalized spacial score (nSPS) is 19.6. The smallest absolute Gasteiger partial charge is 0.119 e. The van der Waals surface area contributed by atoms with Crippen molar-refractivity contribution in [2.24, 2.45) is 11.7 Å². The van der Waals surface area contributed by atoms with Gasteiger partial charge in [0.2, 0.25) is 0 Å². The molecule has 0 amide bonds. The predicted molar refractivity (Wildman–Crippen MR) is 71.1 cm³/mol. The van der Waals surface area contributed by atoms with Gasteiger partial charge in [0.1, 0.15) is 12.4 Å². The van der Waals surface area contributed by atoms with Gasteiger partial charge in [-0.3, -0.25) is 0 Å². The molecule has 0 saturated heterocycles. The number of para-hydroxylation sites is 1. The Bertz CT molecular complexity index is 304. The van der Waals surface area contributed by atoms with Crippen LogP contribution in [-0.4, -0.2) is 12.6 Å². The molecule has 0 spiro atoms. The molecule has 0 heterocycles. The second-order valence-corrected chi connectivity index (χ2v) is 5.04. The number of nitrogens with two attached hydrogens (primary N) is 1. The molecule has 1 saturated carbocycles. The third-order valence-electron chi connectivity index (χ3n) is 3.69. The maximum atomic E-state index is 6.24. The van der Waals surface area contributed by atoms with Crippen LogP contribution in [0.1, 0.15) is 38.5 Å². The quantitative estimate of drug-likeness (QED) is 0.809. The summed E-state index contributed by atoms with van der Waals surface area (Å²) in [6.45, 7) is 0.648. The summed E-state index contributed by atoms with van der Waals surface area (Å²) < 4.78 is 5.74. The summed E-state index contributed by atoms with van der Waals surface area (Å²) in [5.41, 5.74) is 6.24. The van der Waals surface area contributed by atoms with Crippen LogP contribution in [0.15, 0.2) is 30.3 Å². The van der Waals surface area contributed by atoms with Crippen LogP contribution in [0.4, 0.5) is 0 Å². The lowest BCUT2D eigenvalue weighted by Gasteiger charge is -2.22. The number of rotatable bonds is 4. The fourth-order valence-electron chi connectivity index (χ4n) is 2.58. The van der Waals surface area contributed by atoms with Crippen molar-refractivity contribution in [2.45, 2.75) is 44.6 Å². The Morgan fingerprint density at radius 1 is 1.06 bits per heavy atom. The monoisotopic (exact) mass is 233 g/mol. The Kier molecular flexibility index (Phi) is 4.87. The highest BCUT2D eigenvalue weighted by Gasteiger charge is 2.19. The average Bonchev–Trinajstić information content (AvgIpc) is 2.66. The van der Waals surface area contributed by atoms with Gasteiger partial charge in [0.05, 0.1) is 0 Å². The zero-order valence-corrected chi connectivity index (χ0v) is 10.5. The predicted octanol–water partition coefficient (Wildman–Crippen LogP) is 3.36. The number of hydrogen-bond acceptors (Lipinski definition) is 2. The molecular weight excluding hydrogens is 210 g/mol. The molecule has 2 nitrogen and oxygen atoms in total. The van der Waals surface area contributed by atoms with Gasteiger partial charge in [0.25, 0.3) is 0 Å². The van der Waals surface area contributed by atoms with E-state index in [1.165, 1.54) is 38.5 Å². The van der Waals surface area contributed by atoms with E-state index in [0.717, 1.165) is 5.75 Å². The first kappa shape index (κ1) is 12.4. The average molecular weight is 233 g/mol. The van der Waals surface area contributed by atoms with Crippen LogP contribution in [-0.2, 0) is 0 Å². The Balaban J connectivity index is 1.78. The van der Waals surface area contributed by atoms with Crippen molar-refractivity contribution in [3.8, 4) is 5.75 Å². The molecule has 2 heteroatoms. The first-order valence-electron chi connectivity index (χ1n) is 6.79. The van der Waals surface area contributed by atoms with E-state index in [1.54, 1.807) is 0 Å². The largest absolute Gasteiger partial charge is 0.492 e. The standard InChI is InChI=1S/C15H23NO/c16-15(13-8-4-1-2-5-9-13)12-17-14-10-6-3-7-11-14/h3,6-7,10-11,13,15H,1-2,4-5,8-9,12,16H2. The van der Waals surface area contributed by atoms with Gasteiger partial charge < -0.3 is 10.5 Å². The molecule has 1 fully saturated rings. The molecule has 1 aliphatic carbocycles. The van der Waals surface area contributed by atoms with Crippen LogP contribution < -0.4 is 10.5 Å². The van der Waals surface area contributed by atoms with Crippen LogP contribution in [0, 0.1) is 5.92 Å². The maximum Gasteiger partial charge on any atom is 0.119 e. The van der Waals surface area contributed by atoms with E-state index in [-0.39, 0.29) is 6.04 Å². The van der Waals surface area contributed by atoms with Crippen LogP contribution in [0.5, 0.6) is 5.75 Å². The minimum atomic E-state index is 0.188. The Hall–Kier alpha value is -1.02. The Morgan fingerprint density at radius 2 is 1.71 bits per heavy atom. The fraction of sp³-hybridized carbons (Fsp3) is 0.600. The number of hydrogen-bond donors (Lipinski definition) is 1. The molecule has 2 rings (SSSR count). The first-order valence-corrected chi connectivity index (χ1v) is 6.79. The maximum absolute atomic E-state index is 6.24. The van der Waals surface area contributed by atoms with Crippen molar-refractivity contribution in [3.63, 3.8) is 0 Å². The van der Waals surface area contributed by atoms with E-state index in [0.29, 0.717) is 12.5 Å². The van der Waals surface area contributed by atoms with Crippen molar-refractivity contribution in [1.29, 1.82) is 0 Å². The molecule has 1 aromatic carbocycles. The molecule has 94 valence electrons. The van der Waals surface area contributed by atoms with Crippen LogP contribution >= 0.6 is 0 Å². The highest BCUT2D eigenvalue weighted by molar-refractivity contribution is 5.20. The lowest BCUT2D eigenvalue weighted by molar-refractivity contribution is 0.234. The Labute approximate surface area is 104 Å². The molecule has 2 N–H and O–H groups in total. The van der Waals surface area contributed by atoms with E-state index in [4.69, 9.17) is 10.5 Å². The van der Waals surface area contributed by atoms with E-state index in [9.17, 15) is 0 Å². The summed E-state index contributed by atoms with van der Waals surface area (Å²) in [6.07, 6.45) is 7.98. The second-order valence-electron chi connectivity index (χ2n) is 5.04.